The van der Waals surface area contributed by atoms with Gasteiger partial charge in [0.15, 0.2) is 0 Å². The first-order chi connectivity index (χ1) is 16.0. The average Bonchev–Trinajstić information content (AvgIpc) is 2.84. The number of hydrogen-bond donors (Lipinski definition) is 1. The summed E-state index contributed by atoms with van der Waals surface area (Å²) in [6, 6.07) is 21.1. The molecule has 0 bridgehead atoms. The number of aryl methyl sites for hydroxylation is 1. The van der Waals surface area contributed by atoms with Crippen LogP contribution in [0.3, 0.4) is 0 Å². The Balaban J connectivity index is 1.50. The number of hydrogen-bond acceptors (Lipinski definition) is 5. The highest BCUT2D eigenvalue weighted by atomic mass is 16.5. The molecule has 1 amide bonds. The zero-order valence-electron chi connectivity index (χ0n) is 19.3. The molecule has 6 nitrogen and oxygen atoms in total. The van der Waals surface area contributed by atoms with Gasteiger partial charge in [0.2, 0.25) is 0 Å². The molecule has 0 atom stereocenters. The third-order valence-electron chi connectivity index (χ3n) is 6.09. The van der Waals surface area contributed by atoms with Gasteiger partial charge < -0.3 is 19.9 Å². The molecule has 3 aromatic rings. The van der Waals surface area contributed by atoms with Crippen molar-refractivity contribution in [3.8, 4) is 22.9 Å². The largest absolute Gasteiger partial charge is 0.495 e. The normalized spacial score (nSPS) is 13.9. The number of benzene rings is 3. The lowest BCUT2D eigenvalue weighted by molar-refractivity contribution is 0.102. The lowest BCUT2D eigenvalue weighted by Crippen LogP contribution is -2.44. The van der Waals surface area contributed by atoms with Gasteiger partial charge in [-0.2, -0.15) is 5.26 Å². The Bertz CT molecular complexity index is 1190. The molecular weight excluding hydrogens is 412 g/mol. The molecule has 3 aromatic carbocycles. The Hall–Kier alpha value is -3.82. The molecule has 1 N–H and O–H groups in total. The summed E-state index contributed by atoms with van der Waals surface area (Å²) in [5.41, 5.74) is 6.05. The average molecular weight is 441 g/mol. The molecule has 168 valence electrons. The summed E-state index contributed by atoms with van der Waals surface area (Å²) in [6.45, 7) is 5.80. The van der Waals surface area contributed by atoms with Gasteiger partial charge in [-0.15, -0.1) is 0 Å². The first-order valence-electron chi connectivity index (χ1n) is 11.0. The molecule has 33 heavy (non-hydrogen) atoms. The fourth-order valence-electron chi connectivity index (χ4n) is 4.12. The molecule has 0 radical (unpaired) electrons. The summed E-state index contributed by atoms with van der Waals surface area (Å²) < 4.78 is 5.56. The minimum absolute atomic E-state index is 0.160. The number of nitrogens with one attached hydrogen (secondary N) is 1. The van der Waals surface area contributed by atoms with Crippen LogP contribution in [0.15, 0.2) is 60.7 Å². The van der Waals surface area contributed by atoms with Crippen molar-refractivity contribution in [2.75, 3.05) is 50.6 Å². The van der Waals surface area contributed by atoms with Gasteiger partial charge in [0, 0.05) is 37.4 Å². The van der Waals surface area contributed by atoms with Gasteiger partial charge in [0.1, 0.15) is 5.75 Å². The number of rotatable bonds is 5. The van der Waals surface area contributed by atoms with Crippen LogP contribution in [-0.4, -0.2) is 51.1 Å². The van der Waals surface area contributed by atoms with E-state index in [-0.39, 0.29) is 5.91 Å². The van der Waals surface area contributed by atoms with Gasteiger partial charge in [-0.3, -0.25) is 4.79 Å². The number of piperazine rings is 1. The van der Waals surface area contributed by atoms with Gasteiger partial charge in [0.25, 0.3) is 5.91 Å². The van der Waals surface area contributed by atoms with E-state index in [0.717, 1.165) is 60.0 Å². The number of methoxy groups -OCH3 is 1. The molecule has 0 aromatic heterocycles. The third kappa shape index (κ3) is 5.00. The lowest BCUT2D eigenvalue weighted by atomic mass is 9.98. The van der Waals surface area contributed by atoms with Crippen LogP contribution in [0.2, 0.25) is 0 Å². The van der Waals surface area contributed by atoms with E-state index < -0.39 is 0 Å². The fraction of sp³-hybridized carbons (Fsp3) is 0.259. The topological polar surface area (TPSA) is 68.6 Å². The Labute approximate surface area is 195 Å². The Kier molecular flexibility index (Phi) is 6.62. The minimum Gasteiger partial charge on any atom is -0.495 e. The second-order valence-corrected chi connectivity index (χ2v) is 8.35. The SMILES string of the molecule is COc1ccc(NC(=O)c2ccc(-c3ccc(C#N)cc3C)cc2)cc1N1CCN(C)CC1. The van der Waals surface area contributed by atoms with Crippen molar-refractivity contribution in [2.45, 2.75) is 6.92 Å². The number of likely N-dealkylation sites (N-methyl/N-ethyl adjacent to an activating group) is 1. The highest BCUT2D eigenvalue weighted by molar-refractivity contribution is 6.04. The first kappa shape index (κ1) is 22.4. The van der Waals surface area contributed by atoms with Crippen molar-refractivity contribution in [1.29, 1.82) is 5.26 Å². The van der Waals surface area contributed by atoms with Gasteiger partial charge in [-0.1, -0.05) is 18.2 Å². The van der Waals surface area contributed by atoms with E-state index >= 15 is 0 Å². The van der Waals surface area contributed by atoms with Crippen LogP contribution >= 0.6 is 0 Å². The molecule has 1 aliphatic rings. The van der Waals surface area contributed by atoms with E-state index in [0.29, 0.717) is 11.1 Å². The van der Waals surface area contributed by atoms with E-state index in [1.54, 1.807) is 7.11 Å². The first-order valence-corrected chi connectivity index (χ1v) is 11.0. The molecule has 1 fully saturated rings. The second kappa shape index (κ2) is 9.76. The molecule has 6 heteroatoms. The van der Waals surface area contributed by atoms with Crippen molar-refractivity contribution in [2.24, 2.45) is 0 Å². The van der Waals surface area contributed by atoms with Crippen LogP contribution in [0, 0.1) is 18.3 Å². The van der Waals surface area contributed by atoms with Gasteiger partial charge in [-0.05, 0) is 73.1 Å². The predicted molar refractivity (Wildman–Crippen MR) is 132 cm³/mol. The van der Waals surface area contributed by atoms with Crippen LogP contribution in [0.25, 0.3) is 11.1 Å². The Morgan fingerprint density at radius 3 is 2.36 bits per heavy atom. The maximum absolute atomic E-state index is 12.9. The summed E-state index contributed by atoms with van der Waals surface area (Å²) in [6.07, 6.45) is 0. The maximum Gasteiger partial charge on any atom is 0.255 e. The van der Waals surface area contributed by atoms with E-state index in [1.165, 1.54) is 0 Å². The number of anilines is 2. The number of nitriles is 1. The molecule has 0 saturated carbocycles. The summed E-state index contributed by atoms with van der Waals surface area (Å²) in [5.74, 6) is 0.646. The van der Waals surface area contributed by atoms with Gasteiger partial charge >= 0.3 is 0 Å². The smallest absolute Gasteiger partial charge is 0.255 e. The summed E-state index contributed by atoms with van der Waals surface area (Å²) in [5, 5.41) is 12.1. The maximum atomic E-state index is 12.9. The second-order valence-electron chi connectivity index (χ2n) is 8.35. The van der Waals surface area contributed by atoms with E-state index in [2.05, 4.69) is 28.2 Å². The molecule has 0 unspecified atom stereocenters. The highest BCUT2D eigenvalue weighted by Crippen LogP contribution is 2.32. The highest BCUT2D eigenvalue weighted by Gasteiger charge is 2.19. The standard InChI is InChI=1S/C27H28N4O2/c1-19-16-20(18-28)4-10-24(19)21-5-7-22(8-6-21)27(32)29-23-9-11-26(33-3)25(17-23)31-14-12-30(2)13-15-31/h4-11,16-17H,12-15H2,1-3H3,(H,29,32). The zero-order valence-corrected chi connectivity index (χ0v) is 19.3. The number of carbonyl (C=O) groups excluding carboxylic acids is 1. The number of amides is 1. The molecule has 1 heterocycles. The van der Waals surface area contributed by atoms with Crippen molar-refractivity contribution >= 4 is 17.3 Å². The van der Waals surface area contributed by atoms with Crippen LogP contribution in [-0.2, 0) is 0 Å². The molecule has 4 rings (SSSR count). The molecule has 0 spiro atoms. The summed E-state index contributed by atoms with van der Waals surface area (Å²) in [7, 11) is 3.80. The lowest BCUT2D eigenvalue weighted by Gasteiger charge is -2.34. The van der Waals surface area contributed by atoms with Crippen molar-refractivity contribution in [3.63, 3.8) is 0 Å². The Morgan fingerprint density at radius 1 is 1.00 bits per heavy atom. The van der Waals surface area contributed by atoms with Crippen molar-refractivity contribution < 1.29 is 9.53 Å². The third-order valence-corrected chi connectivity index (χ3v) is 6.09. The van der Waals surface area contributed by atoms with Crippen molar-refractivity contribution in [3.05, 3.63) is 77.4 Å². The number of nitrogens with zero attached hydrogens (tertiary/aromatic N) is 3. The number of carbonyl (C=O) groups is 1. The Morgan fingerprint density at radius 2 is 1.73 bits per heavy atom. The van der Waals surface area contributed by atoms with E-state index in [9.17, 15) is 4.79 Å². The van der Waals surface area contributed by atoms with E-state index in [1.807, 2.05) is 67.6 Å². The zero-order chi connectivity index (χ0) is 23.4. The monoisotopic (exact) mass is 440 g/mol. The summed E-state index contributed by atoms with van der Waals surface area (Å²) in [4.78, 5) is 17.5. The van der Waals surface area contributed by atoms with Gasteiger partial charge in [-0.25, -0.2) is 0 Å². The van der Waals surface area contributed by atoms with Crippen molar-refractivity contribution in [1.82, 2.24) is 4.90 Å². The predicted octanol–water partition coefficient (Wildman–Crippen LogP) is 4.55. The minimum atomic E-state index is -0.160. The van der Waals surface area contributed by atoms with E-state index in [4.69, 9.17) is 10.00 Å². The summed E-state index contributed by atoms with van der Waals surface area (Å²) >= 11 is 0. The molecule has 1 aliphatic heterocycles. The molecule has 0 aliphatic carbocycles. The van der Waals surface area contributed by atoms with Crippen LogP contribution in [0.1, 0.15) is 21.5 Å². The van der Waals surface area contributed by atoms with Crippen LogP contribution in [0.5, 0.6) is 5.75 Å². The van der Waals surface area contributed by atoms with Crippen LogP contribution in [0.4, 0.5) is 11.4 Å². The van der Waals surface area contributed by atoms with Crippen LogP contribution < -0.4 is 15.0 Å². The fourth-order valence-corrected chi connectivity index (χ4v) is 4.12. The number of ether oxygens (including phenoxy) is 1. The molecular formula is C27H28N4O2. The molecule has 1 saturated heterocycles. The quantitative estimate of drug-likeness (QED) is 0.631. The van der Waals surface area contributed by atoms with Gasteiger partial charge in [0.05, 0.1) is 24.4 Å².